The van der Waals surface area contributed by atoms with Crippen molar-refractivity contribution in [3.8, 4) is 0 Å². The summed E-state index contributed by atoms with van der Waals surface area (Å²) in [5.41, 5.74) is 1.34. The van der Waals surface area contributed by atoms with Crippen LogP contribution in [-0.2, 0) is 40.1 Å². The van der Waals surface area contributed by atoms with Crippen molar-refractivity contribution in [2.24, 2.45) is 0 Å². The van der Waals surface area contributed by atoms with E-state index in [1.165, 1.54) is 4.90 Å². The summed E-state index contributed by atoms with van der Waals surface area (Å²) in [4.78, 5) is 36.8. The second kappa shape index (κ2) is 12.5. The highest BCUT2D eigenvalue weighted by Gasteiger charge is 2.32. The van der Waals surface area contributed by atoms with Gasteiger partial charge in [-0.05, 0) is 34.6 Å². The third kappa shape index (κ3) is 7.06. The molecule has 0 aliphatic carbocycles. The Kier molecular flexibility index (Phi) is 10.0. The summed E-state index contributed by atoms with van der Waals surface area (Å²) < 4.78 is 25.3. The lowest BCUT2D eigenvalue weighted by atomic mass is 10.1. The van der Waals surface area contributed by atoms with Gasteiger partial charge in [0.25, 0.3) is 0 Å². The number of nitrogens with zero attached hydrogens (tertiary/aromatic N) is 3. The Morgan fingerprint density at radius 3 is 2.06 bits per heavy atom. The van der Waals surface area contributed by atoms with Crippen LogP contribution >= 0.6 is 0 Å². The Balaban J connectivity index is 0.000000265. The maximum absolute atomic E-state index is 12.1. The SMILES string of the molecule is C.CCOC(=O)c1noc2c1CN(C(=O)OC(C)(C)C)CC2.CCOC(=O)c1noc2c1CNCC2. The molecule has 0 bridgehead atoms. The first-order chi connectivity index (χ1) is 16.6. The van der Waals surface area contributed by atoms with Crippen LogP contribution in [0, 0.1) is 0 Å². The predicted molar refractivity (Wildman–Crippen MR) is 127 cm³/mol. The molecule has 12 nitrogen and oxygen atoms in total. The summed E-state index contributed by atoms with van der Waals surface area (Å²) >= 11 is 0. The van der Waals surface area contributed by atoms with Gasteiger partial charge in [-0.3, -0.25) is 0 Å². The second-order valence-corrected chi connectivity index (χ2v) is 8.89. The van der Waals surface area contributed by atoms with E-state index in [4.69, 9.17) is 23.3 Å². The lowest BCUT2D eigenvalue weighted by molar-refractivity contribution is 0.0215. The fraction of sp³-hybridized carbons (Fsp3) is 0.625. The summed E-state index contributed by atoms with van der Waals surface area (Å²) in [5.74, 6) is 0.486. The summed E-state index contributed by atoms with van der Waals surface area (Å²) in [6.45, 7) is 11.7. The van der Waals surface area contributed by atoms with Crippen LogP contribution < -0.4 is 5.32 Å². The van der Waals surface area contributed by atoms with Gasteiger partial charge in [0.2, 0.25) is 0 Å². The highest BCUT2D eigenvalue weighted by Crippen LogP contribution is 2.24. The number of rotatable bonds is 4. The van der Waals surface area contributed by atoms with Crippen molar-refractivity contribution in [3.63, 3.8) is 0 Å². The molecule has 0 radical (unpaired) electrons. The Morgan fingerprint density at radius 1 is 0.944 bits per heavy atom. The van der Waals surface area contributed by atoms with E-state index in [1.54, 1.807) is 13.8 Å². The topological polar surface area (TPSA) is 146 Å². The van der Waals surface area contributed by atoms with Crippen molar-refractivity contribution in [1.82, 2.24) is 20.5 Å². The van der Waals surface area contributed by atoms with E-state index in [-0.39, 0.29) is 26.3 Å². The largest absolute Gasteiger partial charge is 0.461 e. The van der Waals surface area contributed by atoms with Gasteiger partial charge in [0.15, 0.2) is 11.4 Å². The first-order valence-electron chi connectivity index (χ1n) is 11.6. The van der Waals surface area contributed by atoms with Crippen LogP contribution in [0.4, 0.5) is 4.79 Å². The van der Waals surface area contributed by atoms with Gasteiger partial charge >= 0.3 is 18.0 Å². The average Bonchev–Trinajstić information content (AvgIpc) is 3.43. The molecule has 0 saturated carbocycles. The van der Waals surface area contributed by atoms with E-state index >= 15 is 0 Å². The van der Waals surface area contributed by atoms with Gasteiger partial charge in [-0.15, -0.1) is 0 Å². The number of aromatic nitrogens is 2. The number of nitrogens with one attached hydrogen (secondary N) is 1. The molecule has 2 aromatic heterocycles. The smallest absolute Gasteiger partial charge is 0.410 e. The standard InChI is InChI=1S/C14H20N2O5.C9H12N2O3.CH4/c1-5-19-12(17)11-9-8-16(7-6-10(9)21-15-11)13(18)20-14(2,3)4;1-2-13-9(12)8-6-5-10-4-3-7(6)14-11-8;/h5-8H2,1-4H3;10H,2-5H2,1H3;1H4. The number of amides is 1. The third-order valence-corrected chi connectivity index (χ3v) is 5.12. The van der Waals surface area contributed by atoms with E-state index < -0.39 is 23.6 Å². The minimum Gasteiger partial charge on any atom is -0.461 e. The molecule has 0 aromatic carbocycles. The summed E-state index contributed by atoms with van der Waals surface area (Å²) in [5, 5.41) is 10.6. The molecule has 0 saturated heterocycles. The van der Waals surface area contributed by atoms with Crippen molar-refractivity contribution in [2.75, 3.05) is 26.3 Å². The molecule has 2 aliphatic rings. The van der Waals surface area contributed by atoms with Crippen LogP contribution in [0.1, 0.15) is 85.7 Å². The fourth-order valence-electron chi connectivity index (χ4n) is 3.55. The number of carbonyl (C=O) groups is 3. The van der Waals surface area contributed by atoms with Crippen LogP contribution in [0.15, 0.2) is 9.05 Å². The number of esters is 2. The fourth-order valence-corrected chi connectivity index (χ4v) is 3.55. The Bertz CT molecular complexity index is 1050. The maximum atomic E-state index is 12.1. The van der Waals surface area contributed by atoms with Gasteiger partial charge in [-0.1, -0.05) is 17.7 Å². The van der Waals surface area contributed by atoms with Crippen LogP contribution in [-0.4, -0.2) is 65.1 Å². The number of carbonyl (C=O) groups excluding carboxylic acids is 3. The highest BCUT2D eigenvalue weighted by molar-refractivity contribution is 5.89. The van der Waals surface area contributed by atoms with E-state index in [0.717, 1.165) is 24.3 Å². The van der Waals surface area contributed by atoms with Crippen LogP contribution in [0.3, 0.4) is 0 Å². The predicted octanol–water partition coefficient (Wildman–Crippen LogP) is 3.28. The molecule has 12 heteroatoms. The molecule has 1 amide bonds. The van der Waals surface area contributed by atoms with Gasteiger partial charge in [0.1, 0.15) is 17.1 Å². The third-order valence-electron chi connectivity index (χ3n) is 5.12. The molecule has 2 aliphatic heterocycles. The highest BCUT2D eigenvalue weighted by atomic mass is 16.6. The number of hydrogen-bond donors (Lipinski definition) is 1. The normalized spacial score (nSPS) is 14.3. The summed E-state index contributed by atoms with van der Waals surface area (Å²) in [7, 11) is 0. The maximum Gasteiger partial charge on any atom is 0.410 e. The Labute approximate surface area is 210 Å². The van der Waals surface area contributed by atoms with Crippen molar-refractivity contribution in [2.45, 2.75) is 73.6 Å². The molecular weight excluding hydrogens is 472 g/mol. The Morgan fingerprint density at radius 2 is 1.50 bits per heavy atom. The number of ether oxygens (including phenoxy) is 3. The molecule has 1 N–H and O–H groups in total. The number of hydrogen-bond acceptors (Lipinski definition) is 11. The molecule has 36 heavy (non-hydrogen) atoms. The first kappa shape index (κ1) is 28.8. The zero-order valence-electron chi connectivity index (χ0n) is 20.8. The van der Waals surface area contributed by atoms with Crippen molar-refractivity contribution in [3.05, 3.63) is 34.0 Å². The minimum absolute atomic E-state index is 0. The molecule has 2 aromatic rings. The van der Waals surface area contributed by atoms with Gasteiger partial charge in [-0.2, -0.15) is 0 Å². The first-order valence-corrected chi connectivity index (χ1v) is 11.6. The minimum atomic E-state index is -0.560. The summed E-state index contributed by atoms with van der Waals surface area (Å²) in [6, 6.07) is 0. The van der Waals surface area contributed by atoms with Gasteiger partial charge in [0.05, 0.1) is 19.8 Å². The molecule has 4 heterocycles. The lowest BCUT2D eigenvalue weighted by Crippen LogP contribution is -2.40. The second-order valence-electron chi connectivity index (χ2n) is 8.89. The van der Waals surface area contributed by atoms with Crippen LogP contribution in [0.5, 0.6) is 0 Å². The van der Waals surface area contributed by atoms with Crippen molar-refractivity contribution < 1.29 is 37.6 Å². The molecule has 0 spiro atoms. The monoisotopic (exact) mass is 508 g/mol. The quantitative estimate of drug-likeness (QED) is 0.479. The van der Waals surface area contributed by atoms with Crippen molar-refractivity contribution in [1.29, 1.82) is 0 Å². The summed E-state index contributed by atoms with van der Waals surface area (Å²) in [6.07, 6.45) is 0.868. The van der Waals surface area contributed by atoms with Crippen LogP contribution in [0.25, 0.3) is 0 Å². The Hall–Kier alpha value is -3.41. The molecule has 200 valence electrons. The number of fused-ring (bicyclic) bond motifs is 2. The molecule has 4 rings (SSSR count). The van der Waals surface area contributed by atoms with E-state index in [9.17, 15) is 14.4 Å². The average molecular weight is 509 g/mol. The van der Waals surface area contributed by atoms with Gasteiger partial charge < -0.3 is 33.5 Å². The van der Waals surface area contributed by atoms with Crippen LogP contribution in [0.2, 0.25) is 0 Å². The van der Waals surface area contributed by atoms with Gasteiger partial charge in [-0.25, -0.2) is 14.4 Å². The van der Waals surface area contributed by atoms with Gasteiger partial charge in [0, 0.05) is 43.6 Å². The zero-order chi connectivity index (χ0) is 25.6. The van der Waals surface area contributed by atoms with Crippen molar-refractivity contribution >= 4 is 18.0 Å². The van der Waals surface area contributed by atoms with E-state index in [0.29, 0.717) is 43.1 Å². The molecule has 0 atom stereocenters. The molecule has 0 fully saturated rings. The molecular formula is C24H36N4O8. The zero-order valence-corrected chi connectivity index (χ0v) is 20.8. The molecule has 0 unspecified atom stereocenters. The van der Waals surface area contributed by atoms with E-state index in [1.807, 2.05) is 20.8 Å². The lowest BCUT2D eigenvalue weighted by Gasteiger charge is -2.29. The van der Waals surface area contributed by atoms with E-state index in [2.05, 4.69) is 15.6 Å².